The summed E-state index contributed by atoms with van der Waals surface area (Å²) in [5.74, 6) is -0.908. The molecule has 0 amide bonds. The number of aromatic nitrogens is 2. The van der Waals surface area contributed by atoms with Gasteiger partial charge in [0.1, 0.15) is 0 Å². The third kappa shape index (κ3) is 2.29. The second-order valence-electron chi connectivity index (χ2n) is 5.42. The average molecular weight is 322 g/mol. The van der Waals surface area contributed by atoms with Crippen molar-refractivity contribution < 1.29 is 9.90 Å². The van der Waals surface area contributed by atoms with Crippen LogP contribution in [-0.4, -0.2) is 20.5 Å². The average Bonchev–Trinajstić information content (AvgIpc) is 3.12. The van der Waals surface area contributed by atoms with Crippen LogP contribution in [0.15, 0.2) is 48.7 Å². The molecule has 0 atom stereocenters. The summed E-state index contributed by atoms with van der Waals surface area (Å²) >= 11 is 1.50. The molecule has 2 aromatic heterocycles. The van der Waals surface area contributed by atoms with Crippen LogP contribution in [0.5, 0.6) is 0 Å². The maximum absolute atomic E-state index is 11.1. The van der Waals surface area contributed by atoms with Crippen molar-refractivity contribution in [1.82, 2.24) is 9.38 Å². The number of fused-ring (bicyclic) bond motifs is 3. The molecule has 0 bridgehead atoms. The van der Waals surface area contributed by atoms with Crippen molar-refractivity contribution in [3.05, 3.63) is 59.8 Å². The largest absolute Gasteiger partial charge is 0.478 e. The van der Waals surface area contributed by atoms with Crippen LogP contribution in [-0.2, 0) is 6.42 Å². The summed E-state index contributed by atoms with van der Waals surface area (Å²) in [7, 11) is 0. The zero-order chi connectivity index (χ0) is 16.0. The first-order valence-corrected chi connectivity index (χ1v) is 8.21. The number of nitrogens with zero attached hydrogens (tertiary/aromatic N) is 2. The number of aryl methyl sites for hydroxylation is 1. The third-order valence-corrected chi connectivity index (χ3v) is 5.02. The second-order valence-corrected chi connectivity index (χ2v) is 6.43. The Morgan fingerprint density at radius 2 is 2.00 bits per heavy atom. The number of carbonyl (C=O) groups is 1. The Hall–Kier alpha value is -2.66. The summed E-state index contributed by atoms with van der Waals surface area (Å²) in [6.45, 7) is 2.14. The Kier molecular flexibility index (Phi) is 3.16. The summed E-state index contributed by atoms with van der Waals surface area (Å²) in [4.78, 5) is 16.6. The van der Waals surface area contributed by atoms with Gasteiger partial charge in [0, 0.05) is 11.8 Å². The van der Waals surface area contributed by atoms with Gasteiger partial charge >= 0.3 is 5.97 Å². The summed E-state index contributed by atoms with van der Waals surface area (Å²) in [6, 6.07) is 13.6. The predicted molar refractivity (Wildman–Crippen MR) is 92.3 cm³/mol. The molecule has 23 heavy (non-hydrogen) atoms. The van der Waals surface area contributed by atoms with Gasteiger partial charge in [-0.05, 0) is 30.2 Å². The van der Waals surface area contributed by atoms with E-state index < -0.39 is 5.97 Å². The molecule has 0 aliphatic heterocycles. The minimum Gasteiger partial charge on any atom is -0.478 e. The first-order valence-electron chi connectivity index (χ1n) is 7.40. The number of aromatic carboxylic acids is 1. The molecule has 0 radical (unpaired) electrons. The number of imidazole rings is 1. The maximum Gasteiger partial charge on any atom is 0.335 e. The molecule has 0 aliphatic carbocycles. The Labute approximate surface area is 136 Å². The first-order chi connectivity index (χ1) is 11.2. The van der Waals surface area contributed by atoms with Gasteiger partial charge in [0.15, 0.2) is 4.96 Å². The fourth-order valence-corrected chi connectivity index (χ4v) is 3.73. The molecular formula is C18H14N2O2S. The van der Waals surface area contributed by atoms with Crippen LogP contribution in [0.4, 0.5) is 0 Å². The number of hydrogen-bond acceptors (Lipinski definition) is 3. The highest BCUT2D eigenvalue weighted by Gasteiger charge is 2.12. The van der Waals surface area contributed by atoms with E-state index in [2.05, 4.69) is 36.2 Å². The summed E-state index contributed by atoms with van der Waals surface area (Å²) in [5.41, 5.74) is 4.62. The molecule has 5 heteroatoms. The highest BCUT2D eigenvalue weighted by atomic mass is 32.1. The summed E-state index contributed by atoms with van der Waals surface area (Å²) in [5, 5.41) is 9.09. The van der Waals surface area contributed by atoms with E-state index in [9.17, 15) is 4.79 Å². The van der Waals surface area contributed by atoms with Crippen LogP contribution in [0, 0.1) is 0 Å². The van der Waals surface area contributed by atoms with E-state index in [0.717, 1.165) is 32.9 Å². The Morgan fingerprint density at radius 1 is 1.22 bits per heavy atom. The van der Waals surface area contributed by atoms with E-state index in [0.29, 0.717) is 5.56 Å². The molecule has 1 N–H and O–H groups in total. The van der Waals surface area contributed by atoms with Gasteiger partial charge in [-0.2, -0.15) is 0 Å². The number of hydrogen-bond donors (Lipinski definition) is 1. The van der Waals surface area contributed by atoms with Crippen molar-refractivity contribution in [3.8, 4) is 11.3 Å². The van der Waals surface area contributed by atoms with Crippen molar-refractivity contribution in [2.24, 2.45) is 0 Å². The van der Waals surface area contributed by atoms with Crippen LogP contribution in [0.1, 0.15) is 22.8 Å². The number of rotatable bonds is 3. The van der Waals surface area contributed by atoms with Crippen LogP contribution >= 0.6 is 11.3 Å². The Morgan fingerprint density at radius 3 is 2.70 bits per heavy atom. The molecule has 4 nitrogen and oxygen atoms in total. The zero-order valence-corrected chi connectivity index (χ0v) is 13.3. The van der Waals surface area contributed by atoms with Gasteiger partial charge in [-0.15, -0.1) is 0 Å². The molecule has 0 saturated heterocycles. The molecule has 0 fully saturated rings. The van der Waals surface area contributed by atoms with E-state index in [1.54, 1.807) is 12.1 Å². The number of benzene rings is 2. The van der Waals surface area contributed by atoms with Gasteiger partial charge in [0.2, 0.25) is 0 Å². The molecule has 4 aromatic rings. The molecule has 2 aromatic carbocycles. The summed E-state index contributed by atoms with van der Waals surface area (Å²) in [6.07, 6.45) is 3.03. The maximum atomic E-state index is 11.1. The predicted octanol–water partition coefficient (Wildman–Crippen LogP) is 4.48. The van der Waals surface area contributed by atoms with Crippen molar-refractivity contribution in [3.63, 3.8) is 0 Å². The SMILES string of the molecule is CCc1ccc(-c2cn3c(n2)sc2cc(C(=O)O)ccc23)cc1. The fourth-order valence-electron chi connectivity index (χ4n) is 2.68. The smallest absolute Gasteiger partial charge is 0.335 e. The van der Waals surface area contributed by atoms with Gasteiger partial charge in [0.05, 0.1) is 21.5 Å². The minimum atomic E-state index is -0.908. The van der Waals surface area contributed by atoms with Crippen LogP contribution in [0.3, 0.4) is 0 Å². The van der Waals surface area contributed by atoms with E-state index in [1.807, 2.05) is 16.7 Å². The number of thiazole rings is 1. The van der Waals surface area contributed by atoms with E-state index in [-0.39, 0.29) is 0 Å². The van der Waals surface area contributed by atoms with Gasteiger partial charge in [-0.25, -0.2) is 9.78 Å². The monoisotopic (exact) mass is 322 g/mol. The fraction of sp³-hybridized carbons (Fsp3) is 0.111. The lowest BCUT2D eigenvalue weighted by Crippen LogP contribution is -1.94. The van der Waals surface area contributed by atoms with Gasteiger partial charge in [-0.1, -0.05) is 42.5 Å². The van der Waals surface area contributed by atoms with Gasteiger partial charge < -0.3 is 5.11 Å². The second kappa shape index (κ2) is 5.21. The first kappa shape index (κ1) is 14.0. The third-order valence-electron chi connectivity index (χ3n) is 4.00. The van der Waals surface area contributed by atoms with Crippen LogP contribution < -0.4 is 0 Å². The molecule has 0 aliphatic rings. The van der Waals surface area contributed by atoms with E-state index >= 15 is 0 Å². The van der Waals surface area contributed by atoms with Crippen molar-refractivity contribution in [2.75, 3.05) is 0 Å². The summed E-state index contributed by atoms with van der Waals surface area (Å²) < 4.78 is 2.95. The molecule has 2 heterocycles. The van der Waals surface area contributed by atoms with Crippen molar-refractivity contribution >= 4 is 32.5 Å². The van der Waals surface area contributed by atoms with Crippen LogP contribution in [0.2, 0.25) is 0 Å². The molecular weight excluding hydrogens is 308 g/mol. The standard InChI is InChI=1S/C18H14N2O2S/c1-2-11-3-5-12(6-4-11)14-10-20-15-8-7-13(17(21)22)9-16(15)23-18(20)19-14/h3-10H,2H2,1H3,(H,21,22). The molecule has 4 rings (SSSR count). The Balaban J connectivity index is 1.83. The van der Waals surface area contributed by atoms with Crippen molar-refractivity contribution in [2.45, 2.75) is 13.3 Å². The Bertz CT molecular complexity index is 1030. The molecule has 0 spiro atoms. The minimum absolute atomic E-state index is 0.303. The lowest BCUT2D eigenvalue weighted by atomic mass is 10.1. The van der Waals surface area contributed by atoms with Gasteiger partial charge in [0.25, 0.3) is 0 Å². The quantitative estimate of drug-likeness (QED) is 0.605. The lowest BCUT2D eigenvalue weighted by molar-refractivity contribution is 0.0697. The molecule has 114 valence electrons. The van der Waals surface area contributed by atoms with E-state index in [1.165, 1.54) is 16.9 Å². The topological polar surface area (TPSA) is 54.6 Å². The number of carboxylic acids is 1. The highest BCUT2D eigenvalue weighted by molar-refractivity contribution is 7.23. The zero-order valence-electron chi connectivity index (χ0n) is 12.5. The van der Waals surface area contributed by atoms with Crippen molar-refractivity contribution in [1.29, 1.82) is 0 Å². The normalized spacial score (nSPS) is 11.3. The van der Waals surface area contributed by atoms with Crippen LogP contribution in [0.25, 0.3) is 26.4 Å². The molecule has 0 saturated carbocycles. The van der Waals surface area contributed by atoms with E-state index in [4.69, 9.17) is 5.11 Å². The highest BCUT2D eigenvalue weighted by Crippen LogP contribution is 2.30. The lowest BCUT2D eigenvalue weighted by Gasteiger charge is -1.99. The molecule has 0 unspecified atom stereocenters. The number of carboxylic acid groups (broad SMARTS) is 1. The van der Waals surface area contributed by atoms with Gasteiger partial charge in [-0.3, -0.25) is 4.40 Å².